The Bertz CT molecular complexity index is 1120. The van der Waals surface area contributed by atoms with Crippen LogP contribution in [0.3, 0.4) is 0 Å². The standard InChI is InChI=1S/C25H34N4O6/c1-8-13-33-21(30)27-12-11-16-9-10-19-17(14-16)18(15-29(19)23(32)35-25(5,6)7)20(26)28-22(31)34-24(2,3)4/h8-10,14-15H,1,11-13H2,2-7H3,(H,27,30)(H2,26,28,31). The summed E-state index contributed by atoms with van der Waals surface area (Å²) >= 11 is 0. The maximum atomic E-state index is 12.8. The molecule has 0 radical (unpaired) electrons. The van der Waals surface area contributed by atoms with Gasteiger partial charge in [0.25, 0.3) is 0 Å². The van der Waals surface area contributed by atoms with Gasteiger partial charge in [-0.15, -0.1) is 0 Å². The first kappa shape index (κ1) is 27.4. The van der Waals surface area contributed by atoms with Crippen molar-refractivity contribution in [1.29, 1.82) is 5.41 Å². The molecule has 0 bridgehead atoms. The Kier molecular flexibility index (Phi) is 8.67. The summed E-state index contributed by atoms with van der Waals surface area (Å²) in [4.78, 5) is 36.7. The number of amidine groups is 1. The molecule has 35 heavy (non-hydrogen) atoms. The van der Waals surface area contributed by atoms with E-state index < -0.39 is 29.5 Å². The molecule has 0 atom stereocenters. The van der Waals surface area contributed by atoms with Crippen molar-refractivity contribution in [2.75, 3.05) is 13.2 Å². The number of aromatic nitrogens is 1. The maximum Gasteiger partial charge on any atom is 0.419 e. The van der Waals surface area contributed by atoms with Crippen molar-refractivity contribution in [3.63, 3.8) is 0 Å². The Morgan fingerprint density at radius 1 is 1.06 bits per heavy atom. The maximum absolute atomic E-state index is 12.8. The number of nitrogens with zero attached hydrogens (tertiary/aromatic N) is 1. The van der Waals surface area contributed by atoms with E-state index in [1.54, 1.807) is 53.7 Å². The van der Waals surface area contributed by atoms with E-state index in [0.29, 0.717) is 29.4 Å². The summed E-state index contributed by atoms with van der Waals surface area (Å²) in [5.41, 5.74) is 0.211. The first-order chi connectivity index (χ1) is 16.2. The summed E-state index contributed by atoms with van der Waals surface area (Å²) in [6.45, 7) is 14.4. The summed E-state index contributed by atoms with van der Waals surface area (Å²) in [5, 5.41) is 14.1. The van der Waals surface area contributed by atoms with Crippen LogP contribution in [0, 0.1) is 5.41 Å². The van der Waals surface area contributed by atoms with Crippen LogP contribution in [0.2, 0.25) is 0 Å². The van der Waals surface area contributed by atoms with Gasteiger partial charge >= 0.3 is 18.3 Å². The highest BCUT2D eigenvalue weighted by Crippen LogP contribution is 2.25. The second-order valence-electron chi connectivity index (χ2n) is 9.81. The molecule has 0 saturated carbocycles. The van der Waals surface area contributed by atoms with E-state index in [1.807, 2.05) is 6.07 Å². The van der Waals surface area contributed by atoms with Gasteiger partial charge < -0.3 is 19.5 Å². The molecule has 10 nitrogen and oxygen atoms in total. The van der Waals surface area contributed by atoms with E-state index in [2.05, 4.69) is 17.2 Å². The molecule has 0 fully saturated rings. The van der Waals surface area contributed by atoms with Crippen molar-refractivity contribution >= 4 is 35.0 Å². The third-order valence-corrected chi connectivity index (χ3v) is 4.37. The van der Waals surface area contributed by atoms with Crippen molar-refractivity contribution in [1.82, 2.24) is 15.2 Å². The number of benzene rings is 1. The summed E-state index contributed by atoms with van der Waals surface area (Å²) in [5.74, 6) is -0.227. The molecule has 10 heteroatoms. The Labute approximate surface area is 205 Å². The topological polar surface area (TPSA) is 132 Å². The molecule has 190 valence electrons. The van der Waals surface area contributed by atoms with E-state index in [0.717, 1.165) is 5.56 Å². The summed E-state index contributed by atoms with van der Waals surface area (Å²) < 4.78 is 16.9. The average molecular weight is 487 g/mol. The minimum Gasteiger partial charge on any atom is -0.445 e. The van der Waals surface area contributed by atoms with Crippen molar-refractivity contribution in [3.8, 4) is 0 Å². The van der Waals surface area contributed by atoms with Crippen LogP contribution in [0.25, 0.3) is 10.9 Å². The number of fused-ring (bicyclic) bond motifs is 1. The van der Waals surface area contributed by atoms with Crippen molar-refractivity contribution in [2.24, 2.45) is 0 Å². The Morgan fingerprint density at radius 2 is 1.71 bits per heavy atom. The number of ether oxygens (including phenoxy) is 3. The predicted octanol–water partition coefficient (Wildman–Crippen LogP) is 4.73. The third-order valence-electron chi connectivity index (χ3n) is 4.37. The Balaban J connectivity index is 2.34. The molecule has 0 unspecified atom stereocenters. The SMILES string of the molecule is C=CCOC(=O)NCCc1ccc2c(c1)c(C(=N)NC(=O)OC(C)(C)C)cn2C(=O)OC(C)(C)C. The highest BCUT2D eigenvalue weighted by atomic mass is 16.6. The molecule has 2 amide bonds. The first-order valence-electron chi connectivity index (χ1n) is 11.2. The number of nitrogens with one attached hydrogen (secondary N) is 3. The van der Waals surface area contributed by atoms with E-state index in [1.165, 1.54) is 16.8 Å². The molecule has 0 spiro atoms. The number of amides is 2. The fourth-order valence-corrected chi connectivity index (χ4v) is 3.06. The largest absolute Gasteiger partial charge is 0.445 e. The van der Waals surface area contributed by atoms with Gasteiger partial charge in [0.1, 0.15) is 23.6 Å². The fraction of sp³-hybridized carbons (Fsp3) is 0.440. The molecule has 1 aromatic carbocycles. The van der Waals surface area contributed by atoms with Gasteiger partial charge in [-0.2, -0.15) is 0 Å². The molecular weight excluding hydrogens is 452 g/mol. The lowest BCUT2D eigenvalue weighted by Crippen LogP contribution is -2.36. The Morgan fingerprint density at radius 3 is 2.31 bits per heavy atom. The third kappa shape index (κ3) is 8.47. The highest BCUT2D eigenvalue weighted by Gasteiger charge is 2.24. The quantitative estimate of drug-likeness (QED) is 0.234. The second-order valence-corrected chi connectivity index (χ2v) is 9.81. The summed E-state index contributed by atoms with van der Waals surface area (Å²) in [6.07, 6.45) is 1.46. The van der Waals surface area contributed by atoms with Gasteiger partial charge in [-0.05, 0) is 65.7 Å². The minimum absolute atomic E-state index is 0.117. The Hall–Kier alpha value is -3.82. The monoisotopic (exact) mass is 486 g/mol. The summed E-state index contributed by atoms with van der Waals surface area (Å²) in [7, 11) is 0. The van der Waals surface area contributed by atoms with Crippen LogP contribution in [0.4, 0.5) is 14.4 Å². The second kappa shape index (κ2) is 11.1. The molecule has 1 heterocycles. The molecule has 2 rings (SSSR count). The number of hydrogen-bond acceptors (Lipinski definition) is 7. The normalized spacial score (nSPS) is 11.5. The van der Waals surface area contributed by atoms with Gasteiger partial charge in [0, 0.05) is 23.7 Å². The van der Waals surface area contributed by atoms with Crippen molar-refractivity contribution in [3.05, 3.63) is 48.2 Å². The lowest BCUT2D eigenvalue weighted by molar-refractivity contribution is 0.0540. The number of hydrogen-bond donors (Lipinski definition) is 3. The van der Waals surface area contributed by atoms with Crippen molar-refractivity contribution in [2.45, 2.75) is 59.2 Å². The predicted molar refractivity (Wildman–Crippen MR) is 133 cm³/mol. The van der Waals surface area contributed by atoms with Crippen LogP contribution in [0.1, 0.15) is 52.7 Å². The number of carbonyl (C=O) groups is 3. The molecule has 0 aliphatic heterocycles. The number of carbonyl (C=O) groups excluding carboxylic acids is 3. The van der Waals surface area contributed by atoms with Gasteiger partial charge in [-0.25, -0.2) is 14.4 Å². The van der Waals surface area contributed by atoms with E-state index in [-0.39, 0.29) is 12.4 Å². The lowest BCUT2D eigenvalue weighted by atomic mass is 10.1. The average Bonchev–Trinajstić information content (AvgIpc) is 3.08. The first-order valence-corrected chi connectivity index (χ1v) is 11.2. The van der Waals surface area contributed by atoms with Crippen LogP contribution in [-0.2, 0) is 20.6 Å². The highest BCUT2D eigenvalue weighted by molar-refractivity contribution is 6.14. The van der Waals surface area contributed by atoms with Crippen LogP contribution in [0.5, 0.6) is 0 Å². The van der Waals surface area contributed by atoms with Gasteiger partial charge in [-0.1, -0.05) is 18.7 Å². The van der Waals surface area contributed by atoms with Crippen LogP contribution in [-0.4, -0.2) is 53.0 Å². The minimum atomic E-state index is -0.779. The zero-order valence-electron chi connectivity index (χ0n) is 21.1. The lowest BCUT2D eigenvalue weighted by Gasteiger charge is -2.20. The summed E-state index contributed by atoms with van der Waals surface area (Å²) in [6, 6.07) is 5.34. The van der Waals surface area contributed by atoms with E-state index in [9.17, 15) is 14.4 Å². The van der Waals surface area contributed by atoms with Gasteiger partial charge in [0.05, 0.1) is 5.52 Å². The molecule has 1 aromatic heterocycles. The molecule has 0 aliphatic rings. The molecule has 0 aliphatic carbocycles. The fourth-order valence-electron chi connectivity index (χ4n) is 3.06. The molecule has 3 N–H and O–H groups in total. The molecular formula is C25H34N4O6. The van der Waals surface area contributed by atoms with Gasteiger partial charge in [-0.3, -0.25) is 15.3 Å². The van der Waals surface area contributed by atoms with E-state index in [4.69, 9.17) is 19.6 Å². The molecule has 2 aromatic rings. The van der Waals surface area contributed by atoms with Crippen LogP contribution >= 0.6 is 0 Å². The van der Waals surface area contributed by atoms with Crippen LogP contribution < -0.4 is 10.6 Å². The van der Waals surface area contributed by atoms with Gasteiger partial charge in [0.2, 0.25) is 0 Å². The number of alkyl carbamates (subject to hydrolysis) is 2. The number of rotatable bonds is 6. The zero-order valence-corrected chi connectivity index (χ0v) is 21.1. The van der Waals surface area contributed by atoms with Crippen molar-refractivity contribution < 1.29 is 28.6 Å². The smallest absolute Gasteiger partial charge is 0.419 e. The van der Waals surface area contributed by atoms with Gasteiger partial charge in [0.15, 0.2) is 0 Å². The zero-order chi connectivity index (χ0) is 26.4. The van der Waals surface area contributed by atoms with E-state index >= 15 is 0 Å². The molecule has 0 saturated heterocycles. The van der Waals surface area contributed by atoms with Crippen LogP contribution in [0.15, 0.2) is 37.1 Å².